The molecule has 6 nitrogen and oxygen atoms in total. The van der Waals surface area contributed by atoms with Crippen LogP contribution in [0.4, 0.5) is 5.69 Å². The van der Waals surface area contributed by atoms with Crippen LogP contribution >= 0.6 is 0 Å². The fourth-order valence-electron chi connectivity index (χ4n) is 2.03. The first-order valence-corrected chi connectivity index (χ1v) is 5.96. The van der Waals surface area contributed by atoms with Crippen molar-refractivity contribution in [1.82, 2.24) is 0 Å². The second-order valence-electron chi connectivity index (χ2n) is 4.60. The zero-order valence-corrected chi connectivity index (χ0v) is 10.4. The maximum absolute atomic E-state index is 11.9. The van der Waals surface area contributed by atoms with Crippen molar-refractivity contribution in [3.8, 4) is 5.75 Å². The van der Waals surface area contributed by atoms with Gasteiger partial charge >= 0.3 is 5.97 Å². The van der Waals surface area contributed by atoms with Crippen LogP contribution in [0, 0.1) is 5.92 Å². The molecule has 0 bridgehead atoms. The molecule has 1 aromatic rings. The average Bonchev–Trinajstić information content (AvgIpc) is 2.78. The van der Waals surface area contributed by atoms with Crippen LogP contribution in [0.2, 0.25) is 0 Å². The lowest BCUT2D eigenvalue weighted by molar-refractivity contribution is -0.119. The van der Waals surface area contributed by atoms with Crippen LogP contribution in [-0.2, 0) is 9.53 Å². The Labute approximate surface area is 110 Å². The third-order valence-corrected chi connectivity index (χ3v) is 3.06. The molecule has 102 valence electrons. The number of carbonyl (C=O) groups is 2. The summed E-state index contributed by atoms with van der Waals surface area (Å²) in [5, 5.41) is 20.9. The number of carbonyl (C=O) groups excluding carboxylic acids is 1. The van der Waals surface area contributed by atoms with Crippen LogP contribution in [0.3, 0.4) is 0 Å². The van der Waals surface area contributed by atoms with Gasteiger partial charge < -0.3 is 20.3 Å². The highest BCUT2D eigenvalue weighted by molar-refractivity contribution is 5.96. The number of ether oxygens (including phenoxy) is 1. The van der Waals surface area contributed by atoms with E-state index in [0.29, 0.717) is 18.7 Å². The molecule has 2 rings (SSSR count). The summed E-state index contributed by atoms with van der Waals surface area (Å²) < 4.78 is 5.31. The minimum Gasteiger partial charge on any atom is -0.507 e. The Kier molecular flexibility index (Phi) is 3.71. The van der Waals surface area contributed by atoms with E-state index in [4.69, 9.17) is 9.84 Å². The molecule has 0 spiro atoms. The van der Waals surface area contributed by atoms with Gasteiger partial charge in [-0.25, -0.2) is 4.79 Å². The van der Waals surface area contributed by atoms with Crippen molar-refractivity contribution >= 4 is 17.6 Å². The van der Waals surface area contributed by atoms with E-state index in [9.17, 15) is 14.7 Å². The fourth-order valence-corrected chi connectivity index (χ4v) is 2.03. The minimum absolute atomic E-state index is 0.0603. The van der Waals surface area contributed by atoms with Crippen molar-refractivity contribution in [2.45, 2.75) is 19.4 Å². The number of hydrogen-bond acceptors (Lipinski definition) is 4. The lowest BCUT2D eigenvalue weighted by Crippen LogP contribution is -2.23. The van der Waals surface area contributed by atoms with Gasteiger partial charge in [0.05, 0.1) is 18.6 Å². The molecule has 0 saturated carbocycles. The SMILES string of the molecule is CC1CC(C(=O)Nc2ccc(O)c(C(=O)O)c2)CO1. The van der Waals surface area contributed by atoms with Gasteiger partial charge in [0.25, 0.3) is 0 Å². The summed E-state index contributed by atoms with van der Waals surface area (Å²) in [5.41, 5.74) is 0.105. The lowest BCUT2D eigenvalue weighted by Gasteiger charge is -2.10. The highest BCUT2D eigenvalue weighted by Crippen LogP contribution is 2.24. The van der Waals surface area contributed by atoms with Crippen LogP contribution in [0.15, 0.2) is 18.2 Å². The smallest absolute Gasteiger partial charge is 0.339 e. The number of anilines is 1. The number of carboxylic acids is 1. The molecule has 0 aliphatic carbocycles. The maximum atomic E-state index is 11.9. The standard InChI is InChI=1S/C13H15NO5/c1-7-4-8(6-19-7)12(16)14-9-2-3-11(15)10(5-9)13(17)18/h2-3,5,7-8,15H,4,6H2,1H3,(H,14,16)(H,17,18). The molecule has 1 aliphatic heterocycles. The van der Waals surface area contributed by atoms with Crippen LogP contribution in [0.5, 0.6) is 5.75 Å². The van der Waals surface area contributed by atoms with E-state index in [1.807, 2.05) is 6.92 Å². The molecule has 1 aliphatic rings. The normalized spacial score (nSPS) is 22.2. The summed E-state index contributed by atoms with van der Waals surface area (Å²) in [4.78, 5) is 22.8. The Morgan fingerprint density at radius 2 is 2.16 bits per heavy atom. The first kappa shape index (κ1) is 13.4. The largest absolute Gasteiger partial charge is 0.507 e. The molecule has 0 aromatic heterocycles. The molecule has 3 N–H and O–H groups in total. The second kappa shape index (κ2) is 5.27. The number of carboxylic acid groups (broad SMARTS) is 1. The van der Waals surface area contributed by atoms with Gasteiger partial charge in [-0.3, -0.25) is 4.79 Å². The number of hydrogen-bond donors (Lipinski definition) is 3. The zero-order chi connectivity index (χ0) is 14.0. The summed E-state index contributed by atoms with van der Waals surface area (Å²) in [7, 11) is 0. The van der Waals surface area contributed by atoms with Gasteiger partial charge in [-0.05, 0) is 31.5 Å². The number of nitrogens with one attached hydrogen (secondary N) is 1. The summed E-state index contributed by atoms with van der Waals surface area (Å²) in [5.74, 6) is -2.00. The van der Waals surface area contributed by atoms with Crippen molar-refractivity contribution < 1.29 is 24.5 Å². The molecule has 1 heterocycles. The molecular formula is C13H15NO5. The third kappa shape index (κ3) is 3.03. The predicted molar refractivity (Wildman–Crippen MR) is 67.2 cm³/mol. The van der Waals surface area contributed by atoms with Crippen LogP contribution in [-0.4, -0.2) is 34.8 Å². The molecule has 1 aromatic carbocycles. The highest BCUT2D eigenvalue weighted by Gasteiger charge is 2.28. The summed E-state index contributed by atoms with van der Waals surface area (Å²) in [6.45, 7) is 2.27. The van der Waals surface area contributed by atoms with Gasteiger partial charge in [0.1, 0.15) is 11.3 Å². The van der Waals surface area contributed by atoms with Gasteiger partial charge in [-0.15, -0.1) is 0 Å². The van der Waals surface area contributed by atoms with E-state index in [1.165, 1.54) is 18.2 Å². The Morgan fingerprint density at radius 1 is 1.42 bits per heavy atom. The van der Waals surface area contributed by atoms with E-state index in [0.717, 1.165) is 0 Å². The molecule has 1 fully saturated rings. The lowest BCUT2D eigenvalue weighted by atomic mass is 10.1. The number of benzene rings is 1. The van der Waals surface area contributed by atoms with Crippen molar-refractivity contribution in [1.29, 1.82) is 0 Å². The van der Waals surface area contributed by atoms with E-state index in [2.05, 4.69) is 5.32 Å². The first-order chi connectivity index (χ1) is 8.97. The summed E-state index contributed by atoms with van der Waals surface area (Å²) >= 11 is 0. The quantitative estimate of drug-likeness (QED) is 0.719. The topological polar surface area (TPSA) is 95.9 Å². The van der Waals surface area contributed by atoms with Crippen molar-refractivity contribution in [2.24, 2.45) is 5.92 Å². The molecule has 0 radical (unpaired) electrons. The van der Waals surface area contributed by atoms with Crippen LogP contribution in [0.25, 0.3) is 0 Å². The molecule has 1 saturated heterocycles. The average molecular weight is 265 g/mol. The van der Waals surface area contributed by atoms with E-state index < -0.39 is 5.97 Å². The van der Waals surface area contributed by atoms with Crippen molar-refractivity contribution in [3.63, 3.8) is 0 Å². The van der Waals surface area contributed by atoms with E-state index >= 15 is 0 Å². The predicted octanol–water partition coefficient (Wildman–Crippen LogP) is 1.45. The Bertz CT molecular complexity index is 514. The molecule has 19 heavy (non-hydrogen) atoms. The fraction of sp³-hybridized carbons (Fsp3) is 0.385. The number of rotatable bonds is 3. The molecule has 2 atom stereocenters. The van der Waals surface area contributed by atoms with Crippen molar-refractivity contribution in [3.05, 3.63) is 23.8 Å². The van der Waals surface area contributed by atoms with Gasteiger partial charge in [-0.1, -0.05) is 0 Å². The van der Waals surface area contributed by atoms with Crippen molar-refractivity contribution in [2.75, 3.05) is 11.9 Å². The highest BCUT2D eigenvalue weighted by atomic mass is 16.5. The Morgan fingerprint density at radius 3 is 2.74 bits per heavy atom. The first-order valence-electron chi connectivity index (χ1n) is 5.96. The Balaban J connectivity index is 2.09. The second-order valence-corrected chi connectivity index (χ2v) is 4.60. The minimum atomic E-state index is -1.24. The zero-order valence-electron chi connectivity index (χ0n) is 10.4. The number of amides is 1. The molecule has 2 unspecified atom stereocenters. The molecule has 1 amide bonds. The summed E-state index contributed by atoms with van der Waals surface area (Å²) in [6, 6.07) is 3.93. The maximum Gasteiger partial charge on any atom is 0.339 e. The molecule has 6 heteroatoms. The van der Waals surface area contributed by atoms with E-state index in [-0.39, 0.29) is 29.2 Å². The van der Waals surface area contributed by atoms with E-state index in [1.54, 1.807) is 0 Å². The van der Waals surface area contributed by atoms with Gasteiger partial charge in [-0.2, -0.15) is 0 Å². The monoisotopic (exact) mass is 265 g/mol. The van der Waals surface area contributed by atoms with Gasteiger partial charge in [0.2, 0.25) is 5.91 Å². The molecular weight excluding hydrogens is 250 g/mol. The summed E-state index contributed by atoms with van der Waals surface area (Å²) in [6.07, 6.45) is 0.709. The number of aromatic hydroxyl groups is 1. The van der Waals surface area contributed by atoms with Gasteiger partial charge in [0.15, 0.2) is 0 Å². The number of aromatic carboxylic acids is 1. The van der Waals surface area contributed by atoms with Crippen LogP contribution in [0.1, 0.15) is 23.7 Å². The van der Waals surface area contributed by atoms with Crippen LogP contribution < -0.4 is 5.32 Å². The third-order valence-electron chi connectivity index (χ3n) is 3.06. The number of phenols is 1. The van der Waals surface area contributed by atoms with Gasteiger partial charge in [0, 0.05) is 5.69 Å². The Hall–Kier alpha value is -2.08.